The number of nitrogens with one attached hydrogen (secondary N) is 1. The van der Waals surface area contributed by atoms with E-state index in [1.807, 2.05) is 34.9 Å². The van der Waals surface area contributed by atoms with Gasteiger partial charge in [-0.1, -0.05) is 25.7 Å². The fourth-order valence-corrected chi connectivity index (χ4v) is 3.35. The molecule has 4 nitrogen and oxygen atoms in total. The molecule has 0 aliphatic heterocycles. The quantitative estimate of drug-likeness (QED) is 0.811. The van der Waals surface area contributed by atoms with Crippen LogP contribution in [0.5, 0.6) is 0 Å². The van der Waals surface area contributed by atoms with E-state index in [0.717, 1.165) is 35.3 Å². The molecule has 2 rings (SSSR count). The summed E-state index contributed by atoms with van der Waals surface area (Å²) in [5.74, 6) is -0.0527. The van der Waals surface area contributed by atoms with Crippen molar-refractivity contribution in [3.05, 3.63) is 23.3 Å². The average molecular weight is 332 g/mol. The van der Waals surface area contributed by atoms with Crippen molar-refractivity contribution in [2.75, 3.05) is 24.3 Å². The fourth-order valence-electron chi connectivity index (χ4n) is 3.35. The Morgan fingerprint density at radius 1 is 1.12 bits per heavy atom. The molecule has 0 unspecified atom stereocenters. The van der Waals surface area contributed by atoms with Crippen LogP contribution in [-0.2, 0) is 9.53 Å². The van der Waals surface area contributed by atoms with Gasteiger partial charge in [-0.05, 0) is 56.9 Å². The molecule has 0 saturated heterocycles. The van der Waals surface area contributed by atoms with Gasteiger partial charge in [0.15, 0.2) is 0 Å². The number of rotatable bonds is 5. The van der Waals surface area contributed by atoms with Crippen LogP contribution in [0.1, 0.15) is 56.6 Å². The third-order valence-electron chi connectivity index (χ3n) is 4.85. The summed E-state index contributed by atoms with van der Waals surface area (Å²) in [5.41, 5.74) is 4.20. The van der Waals surface area contributed by atoms with Crippen LogP contribution in [0.15, 0.2) is 12.1 Å². The third-order valence-corrected chi connectivity index (χ3v) is 4.85. The predicted octanol–water partition coefficient (Wildman–Crippen LogP) is 4.44. The smallest absolute Gasteiger partial charge is 0.253 e. The van der Waals surface area contributed by atoms with Gasteiger partial charge in [0.05, 0.1) is 6.10 Å². The topological polar surface area (TPSA) is 41.6 Å². The van der Waals surface area contributed by atoms with Gasteiger partial charge in [-0.25, -0.2) is 0 Å². The highest BCUT2D eigenvalue weighted by molar-refractivity contribution is 5.95. The van der Waals surface area contributed by atoms with Crippen LogP contribution in [-0.4, -0.2) is 32.2 Å². The Kier molecular flexibility index (Phi) is 6.67. The van der Waals surface area contributed by atoms with Gasteiger partial charge in [0.25, 0.3) is 5.91 Å². The van der Waals surface area contributed by atoms with Crippen LogP contribution >= 0.6 is 0 Å². The summed E-state index contributed by atoms with van der Waals surface area (Å²) in [6.45, 7) is 5.93. The van der Waals surface area contributed by atoms with Gasteiger partial charge in [-0.2, -0.15) is 0 Å². The van der Waals surface area contributed by atoms with Crippen molar-refractivity contribution in [2.24, 2.45) is 0 Å². The Balaban J connectivity index is 2.00. The highest BCUT2D eigenvalue weighted by Gasteiger charge is 2.21. The molecule has 1 aromatic carbocycles. The van der Waals surface area contributed by atoms with Crippen LogP contribution in [0.2, 0.25) is 0 Å². The van der Waals surface area contributed by atoms with Crippen molar-refractivity contribution in [3.8, 4) is 0 Å². The SMILES string of the molecule is Cc1cc(N(C)C)cc(C)c1NC(=O)[C@@H](C)OC1CCCCCC1. The van der Waals surface area contributed by atoms with E-state index in [9.17, 15) is 4.79 Å². The summed E-state index contributed by atoms with van der Waals surface area (Å²) >= 11 is 0. The van der Waals surface area contributed by atoms with Crippen LogP contribution in [0.4, 0.5) is 11.4 Å². The minimum atomic E-state index is -0.416. The number of carbonyl (C=O) groups excluding carboxylic acids is 1. The van der Waals surface area contributed by atoms with Crippen LogP contribution < -0.4 is 10.2 Å². The van der Waals surface area contributed by atoms with Crippen molar-refractivity contribution in [3.63, 3.8) is 0 Å². The Morgan fingerprint density at radius 2 is 1.67 bits per heavy atom. The number of ether oxygens (including phenoxy) is 1. The average Bonchev–Trinajstić information content (AvgIpc) is 2.78. The Morgan fingerprint density at radius 3 is 2.17 bits per heavy atom. The molecule has 0 aromatic heterocycles. The molecule has 1 aromatic rings. The first-order chi connectivity index (χ1) is 11.4. The van der Waals surface area contributed by atoms with E-state index in [0.29, 0.717) is 0 Å². The first-order valence-corrected chi connectivity index (χ1v) is 9.13. The molecule has 1 aliphatic rings. The molecular weight excluding hydrogens is 300 g/mol. The van der Waals surface area contributed by atoms with Gasteiger partial charge in [0, 0.05) is 25.5 Å². The van der Waals surface area contributed by atoms with Crippen molar-refractivity contribution in [1.29, 1.82) is 0 Å². The van der Waals surface area contributed by atoms with Gasteiger partial charge < -0.3 is 15.0 Å². The Hall–Kier alpha value is -1.55. The van der Waals surface area contributed by atoms with E-state index >= 15 is 0 Å². The van der Waals surface area contributed by atoms with E-state index in [4.69, 9.17) is 4.74 Å². The zero-order chi connectivity index (χ0) is 17.7. The molecule has 1 N–H and O–H groups in total. The molecule has 1 atom stereocenters. The monoisotopic (exact) mass is 332 g/mol. The summed E-state index contributed by atoms with van der Waals surface area (Å²) in [5, 5.41) is 3.07. The lowest BCUT2D eigenvalue weighted by molar-refractivity contribution is -0.130. The minimum absolute atomic E-state index is 0.0527. The van der Waals surface area contributed by atoms with Crippen LogP contribution in [0, 0.1) is 13.8 Å². The molecule has 0 radical (unpaired) electrons. The molecule has 1 aliphatic carbocycles. The van der Waals surface area contributed by atoms with Crippen LogP contribution in [0.3, 0.4) is 0 Å². The van der Waals surface area contributed by atoms with Gasteiger partial charge in [-0.15, -0.1) is 0 Å². The molecule has 0 heterocycles. The van der Waals surface area contributed by atoms with E-state index in [2.05, 4.69) is 22.3 Å². The summed E-state index contributed by atoms with van der Waals surface area (Å²) in [6.07, 6.45) is 6.97. The molecule has 0 spiro atoms. The minimum Gasteiger partial charge on any atom is -0.378 e. The molecule has 4 heteroatoms. The summed E-state index contributed by atoms with van der Waals surface area (Å²) < 4.78 is 6.03. The largest absolute Gasteiger partial charge is 0.378 e. The summed E-state index contributed by atoms with van der Waals surface area (Å²) in [7, 11) is 4.05. The number of carbonyl (C=O) groups is 1. The third kappa shape index (κ3) is 4.97. The number of benzene rings is 1. The van der Waals surface area contributed by atoms with Gasteiger partial charge in [0.1, 0.15) is 6.10 Å². The fraction of sp³-hybridized carbons (Fsp3) is 0.650. The number of anilines is 2. The van der Waals surface area contributed by atoms with Crippen LogP contribution in [0.25, 0.3) is 0 Å². The van der Waals surface area contributed by atoms with E-state index < -0.39 is 6.10 Å². The zero-order valence-electron chi connectivity index (χ0n) is 15.8. The molecule has 1 amide bonds. The van der Waals surface area contributed by atoms with Gasteiger partial charge in [-0.3, -0.25) is 4.79 Å². The maximum atomic E-state index is 12.5. The Labute approximate surface area is 146 Å². The molecule has 134 valence electrons. The first kappa shape index (κ1) is 18.8. The highest BCUT2D eigenvalue weighted by Crippen LogP contribution is 2.27. The van der Waals surface area contributed by atoms with Crippen molar-refractivity contribution in [2.45, 2.75) is 71.5 Å². The lowest BCUT2D eigenvalue weighted by Crippen LogP contribution is -2.32. The molecular formula is C20H32N2O2. The lowest BCUT2D eigenvalue weighted by Gasteiger charge is -2.22. The second-order valence-corrected chi connectivity index (χ2v) is 7.23. The summed E-state index contributed by atoms with van der Waals surface area (Å²) in [4.78, 5) is 14.6. The van der Waals surface area contributed by atoms with Gasteiger partial charge in [0.2, 0.25) is 0 Å². The Bertz CT molecular complexity index is 538. The molecule has 1 fully saturated rings. The standard InChI is InChI=1S/C20H32N2O2/c1-14-12-17(22(4)5)13-15(2)19(14)21-20(23)16(3)24-18-10-8-6-7-9-11-18/h12-13,16,18H,6-11H2,1-5H3,(H,21,23)/t16-/m1/s1. The van der Waals surface area contributed by atoms with E-state index in [1.54, 1.807) is 0 Å². The molecule has 1 saturated carbocycles. The lowest BCUT2D eigenvalue weighted by atomic mass is 10.1. The zero-order valence-corrected chi connectivity index (χ0v) is 15.8. The maximum Gasteiger partial charge on any atom is 0.253 e. The van der Waals surface area contributed by atoms with Crippen molar-refractivity contribution in [1.82, 2.24) is 0 Å². The second-order valence-electron chi connectivity index (χ2n) is 7.23. The van der Waals surface area contributed by atoms with E-state index in [1.165, 1.54) is 25.7 Å². The number of hydrogen-bond donors (Lipinski definition) is 1. The number of hydrogen-bond acceptors (Lipinski definition) is 3. The maximum absolute atomic E-state index is 12.5. The van der Waals surface area contributed by atoms with Crippen molar-refractivity contribution >= 4 is 17.3 Å². The number of aryl methyl sites for hydroxylation is 2. The van der Waals surface area contributed by atoms with Crippen molar-refractivity contribution < 1.29 is 9.53 Å². The molecule has 24 heavy (non-hydrogen) atoms. The number of nitrogens with zero attached hydrogens (tertiary/aromatic N) is 1. The molecule has 0 bridgehead atoms. The highest BCUT2D eigenvalue weighted by atomic mass is 16.5. The van der Waals surface area contributed by atoms with Gasteiger partial charge >= 0.3 is 0 Å². The summed E-state index contributed by atoms with van der Waals surface area (Å²) in [6, 6.07) is 4.19. The second kappa shape index (κ2) is 8.52. The normalized spacial score (nSPS) is 17.2. The predicted molar refractivity (Wildman–Crippen MR) is 101 cm³/mol. The van der Waals surface area contributed by atoms with E-state index in [-0.39, 0.29) is 12.0 Å². The first-order valence-electron chi connectivity index (χ1n) is 9.13. The number of amides is 1.